The van der Waals surface area contributed by atoms with Crippen LogP contribution in [-0.4, -0.2) is 10.2 Å². The van der Waals surface area contributed by atoms with E-state index in [0.717, 1.165) is 62.5 Å². The highest BCUT2D eigenvalue weighted by Crippen LogP contribution is 2.56. The van der Waals surface area contributed by atoms with Crippen LogP contribution in [-0.2, 0) is 32.5 Å². The van der Waals surface area contributed by atoms with Crippen molar-refractivity contribution in [1.82, 2.24) is 0 Å². The second kappa shape index (κ2) is 14.7. The zero-order chi connectivity index (χ0) is 37.4. The molecule has 2 aromatic rings. The first kappa shape index (κ1) is 42.2. The van der Waals surface area contributed by atoms with E-state index in [-0.39, 0.29) is 38.4 Å². The van der Waals surface area contributed by atoms with E-state index < -0.39 is 0 Å². The van der Waals surface area contributed by atoms with Gasteiger partial charge in [-0.2, -0.15) is 0 Å². The van der Waals surface area contributed by atoms with E-state index in [9.17, 15) is 10.2 Å². The maximum atomic E-state index is 12.2. The van der Waals surface area contributed by atoms with Crippen molar-refractivity contribution in [2.75, 3.05) is 0 Å². The summed E-state index contributed by atoms with van der Waals surface area (Å²) in [5, 5.41) is 24.4. The van der Waals surface area contributed by atoms with Gasteiger partial charge < -0.3 is 10.2 Å². The van der Waals surface area contributed by atoms with Crippen LogP contribution >= 0.6 is 0 Å². The molecule has 0 spiro atoms. The van der Waals surface area contributed by atoms with Gasteiger partial charge in [-0.05, 0) is 123 Å². The Hall–Kier alpha value is -1.96. The summed E-state index contributed by atoms with van der Waals surface area (Å²) in [7, 11) is 0. The molecule has 274 valence electrons. The molecule has 0 aromatic heterocycles. The maximum absolute atomic E-state index is 12.2. The van der Waals surface area contributed by atoms with Crippen molar-refractivity contribution in [3.63, 3.8) is 0 Å². The molecule has 2 rings (SSSR count). The van der Waals surface area contributed by atoms with Gasteiger partial charge in [-0.3, -0.25) is 0 Å². The molecule has 0 bridgehead atoms. The van der Waals surface area contributed by atoms with E-state index in [1.807, 2.05) is 0 Å². The molecular weight excluding hydrogens is 585 g/mol. The zero-order valence-corrected chi connectivity index (χ0v) is 35.3. The van der Waals surface area contributed by atoms with Crippen molar-refractivity contribution < 1.29 is 10.2 Å². The topological polar surface area (TPSA) is 40.5 Å². The van der Waals surface area contributed by atoms with Crippen molar-refractivity contribution in [1.29, 1.82) is 0 Å². The molecule has 0 saturated heterocycles. The Balaban J connectivity index is 3.71. The molecule has 0 aliphatic heterocycles. The summed E-state index contributed by atoms with van der Waals surface area (Å²) < 4.78 is 0. The highest BCUT2D eigenvalue weighted by Gasteiger charge is 2.44. The number of hydrogen-bond acceptors (Lipinski definition) is 2. The fourth-order valence-electron chi connectivity index (χ4n) is 7.80. The lowest BCUT2D eigenvalue weighted by atomic mass is 9.59. The summed E-state index contributed by atoms with van der Waals surface area (Å²) in [6.45, 7) is 44.5. The van der Waals surface area contributed by atoms with Crippen LogP contribution in [0, 0.1) is 0 Å². The van der Waals surface area contributed by atoms with Gasteiger partial charge in [0, 0.05) is 17.0 Å². The Morgan fingerprint density at radius 3 is 0.896 bits per heavy atom. The lowest BCUT2D eigenvalue weighted by Gasteiger charge is -2.45. The highest BCUT2D eigenvalue weighted by atomic mass is 16.3. The maximum Gasteiger partial charge on any atom is 0.119 e. The number of hydrogen-bond donors (Lipinski definition) is 2. The predicted octanol–water partition coefficient (Wildman–Crippen LogP) is 14.2. The largest absolute Gasteiger partial charge is 0.508 e. The van der Waals surface area contributed by atoms with Gasteiger partial charge in [0.15, 0.2) is 0 Å². The number of phenols is 2. The third-order valence-electron chi connectivity index (χ3n) is 13.4. The Labute approximate surface area is 298 Å². The number of aromatic hydroxyl groups is 2. The summed E-state index contributed by atoms with van der Waals surface area (Å²) in [6, 6.07) is 4.35. The van der Waals surface area contributed by atoms with E-state index in [1.165, 1.54) is 33.4 Å². The van der Waals surface area contributed by atoms with E-state index in [0.29, 0.717) is 11.5 Å². The van der Waals surface area contributed by atoms with Crippen LogP contribution < -0.4 is 0 Å². The molecule has 0 saturated carbocycles. The summed E-state index contributed by atoms with van der Waals surface area (Å²) >= 11 is 0. The lowest BCUT2D eigenvalue weighted by Crippen LogP contribution is -2.34. The summed E-state index contributed by atoms with van der Waals surface area (Å²) in [4.78, 5) is 0. The first-order chi connectivity index (χ1) is 21.8. The third-order valence-corrected chi connectivity index (χ3v) is 13.4. The quantitative estimate of drug-likeness (QED) is 0.188. The van der Waals surface area contributed by atoms with Crippen LogP contribution in [0.5, 0.6) is 11.5 Å². The van der Waals surface area contributed by atoms with Gasteiger partial charge in [0.1, 0.15) is 11.5 Å². The standard InChI is InChI=1S/C46H78O2/c1-20-27-30(35-31(41(8,9)21-2)28-33(47)37(43(12,13)23-4)39(35)45(16,17)25-6)36-32(42(10,11)22-3)29-34(48)38(44(14,15)24-5)40(36)46(18,19)26-7/h28-30,47-48H,20-27H2,1-19H3. The van der Waals surface area contributed by atoms with Crippen molar-refractivity contribution in [3.05, 3.63) is 56.6 Å². The van der Waals surface area contributed by atoms with Crippen LogP contribution in [0.4, 0.5) is 0 Å². The average Bonchev–Trinajstić information content (AvgIpc) is 3.02. The smallest absolute Gasteiger partial charge is 0.119 e. The monoisotopic (exact) mass is 663 g/mol. The summed E-state index contributed by atoms with van der Waals surface area (Å²) in [5.41, 5.74) is 9.42. The molecule has 2 heteroatoms. The molecule has 0 unspecified atom stereocenters. The minimum atomic E-state index is -0.201. The van der Waals surface area contributed by atoms with Gasteiger partial charge in [-0.15, -0.1) is 0 Å². The molecule has 0 radical (unpaired) electrons. The van der Waals surface area contributed by atoms with Gasteiger partial charge in [0.2, 0.25) is 0 Å². The predicted molar refractivity (Wildman–Crippen MR) is 213 cm³/mol. The summed E-state index contributed by atoms with van der Waals surface area (Å²) in [5.74, 6) is 1.02. The minimum absolute atomic E-state index is 0.109. The molecule has 2 N–H and O–H groups in total. The van der Waals surface area contributed by atoms with Crippen LogP contribution in [0.1, 0.15) is 233 Å². The zero-order valence-electron chi connectivity index (χ0n) is 35.3. The summed E-state index contributed by atoms with van der Waals surface area (Å²) in [6.07, 6.45) is 7.84. The van der Waals surface area contributed by atoms with E-state index in [2.05, 4.69) is 144 Å². The molecule has 0 amide bonds. The number of phenolic OH excluding ortho intramolecular Hbond substituents is 2. The lowest BCUT2D eigenvalue weighted by molar-refractivity contribution is 0.390. The van der Waals surface area contributed by atoms with Gasteiger partial charge in [0.25, 0.3) is 0 Å². The fraction of sp³-hybridized carbons (Fsp3) is 0.739. The molecule has 0 heterocycles. The van der Waals surface area contributed by atoms with E-state index in [1.54, 1.807) is 0 Å². The molecular formula is C46H78O2. The average molecular weight is 663 g/mol. The Morgan fingerprint density at radius 1 is 0.417 bits per heavy atom. The molecule has 0 atom stereocenters. The molecule has 0 aliphatic rings. The minimum Gasteiger partial charge on any atom is -0.508 e. The Bertz CT molecular complexity index is 1310. The third kappa shape index (κ3) is 7.68. The van der Waals surface area contributed by atoms with Gasteiger partial charge in [0.05, 0.1) is 0 Å². The van der Waals surface area contributed by atoms with Gasteiger partial charge >= 0.3 is 0 Å². The molecule has 0 fully saturated rings. The van der Waals surface area contributed by atoms with Crippen LogP contribution in [0.25, 0.3) is 0 Å². The Kier molecular flexibility index (Phi) is 12.9. The first-order valence-electron chi connectivity index (χ1n) is 19.7. The second-order valence-corrected chi connectivity index (χ2v) is 19.0. The highest BCUT2D eigenvalue weighted by molar-refractivity contribution is 5.65. The van der Waals surface area contributed by atoms with Crippen LogP contribution in [0.2, 0.25) is 0 Å². The van der Waals surface area contributed by atoms with Crippen LogP contribution in [0.3, 0.4) is 0 Å². The van der Waals surface area contributed by atoms with E-state index >= 15 is 0 Å². The van der Waals surface area contributed by atoms with Crippen molar-refractivity contribution in [2.24, 2.45) is 0 Å². The molecule has 0 aliphatic carbocycles. The number of rotatable bonds is 16. The molecule has 2 aromatic carbocycles. The SMILES string of the molecule is CCCC(c1c(C(C)(C)CC)cc(O)c(C(C)(C)CC)c1C(C)(C)CC)c1c(C(C)(C)CC)cc(O)c(C(C)(C)CC)c1C(C)(C)CC. The Morgan fingerprint density at radius 2 is 0.667 bits per heavy atom. The second-order valence-electron chi connectivity index (χ2n) is 19.0. The van der Waals surface area contributed by atoms with Gasteiger partial charge in [-0.25, -0.2) is 0 Å². The molecule has 48 heavy (non-hydrogen) atoms. The van der Waals surface area contributed by atoms with E-state index in [4.69, 9.17) is 0 Å². The van der Waals surface area contributed by atoms with Crippen molar-refractivity contribution in [3.8, 4) is 11.5 Å². The van der Waals surface area contributed by atoms with Crippen molar-refractivity contribution in [2.45, 2.75) is 221 Å². The fourth-order valence-corrected chi connectivity index (χ4v) is 7.80. The normalized spacial score (nSPS) is 13.9. The molecule has 2 nitrogen and oxygen atoms in total. The van der Waals surface area contributed by atoms with Crippen LogP contribution in [0.15, 0.2) is 12.1 Å². The van der Waals surface area contributed by atoms with Crippen molar-refractivity contribution >= 4 is 0 Å². The first-order valence-corrected chi connectivity index (χ1v) is 19.7. The van der Waals surface area contributed by atoms with Gasteiger partial charge in [-0.1, -0.05) is 138 Å². The number of benzene rings is 2.